The molecule has 1 aromatic heterocycles. The van der Waals surface area contributed by atoms with E-state index in [1.807, 2.05) is 0 Å². The fraction of sp³-hybridized carbons (Fsp3) is 0. The van der Waals surface area contributed by atoms with Crippen molar-refractivity contribution in [1.82, 2.24) is 15.8 Å². The Morgan fingerprint density at radius 2 is 1.67 bits per heavy atom. The molecule has 1 rings (SSSR count). The summed E-state index contributed by atoms with van der Waals surface area (Å²) in [5, 5.41) is 29.2. The fourth-order valence-corrected chi connectivity index (χ4v) is 0.682. The molecule has 0 saturated carbocycles. The third-order valence-corrected chi connectivity index (χ3v) is 1.18. The van der Waals surface area contributed by atoms with Crippen molar-refractivity contribution in [2.24, 2.45) is 0 Å². The molecule has 0 unspecified atom stereocenters. The average molecular weight is 220 g/mol. The molecule has 12 nitrogen and oxygen atoms in total. The van der Waals surface area contributed by atoms with Crippen LogP contribution < -0.4 is 6.15 Å². The third-order valence-electron chi connectivity index (χ3n) is 1.18. The molecule has 0 spiro atoms. The predicted octanol–water partition coefficient (Wildman–Crippen LogP) is -0.0987. The first-order valence-electron chi connectivity index (χ1n) is 2.96. The highest BCUT2D eigenvalue weighted by Gasteiger charge is 2.30. The highest BCUT2D eigenvalue weighted by molar-refractivity contribution is 5.22. The van der Waals surface area contributed by atoms with E-state index in [0.717, 1.165) is 0 Å². The minimum absolute atomic E-state index is 0. The monoisotopic (exact) mass is 220 g/mol. The molecule has 0 amide bonds. The van der Waals surface area contributed by atoms with Crippen molar-refractivity contribution >= 4 is 11.8 Å². The van der Waals surface area contributed by atoms with Gasteiger partial charge in [0.25, 0.3) is 0 Å². The van der Waals surface area contributed by atoms with Gasteiger partial charge in [-0.2, -0.15) is 0 Å². The van der Waals surface area contributed by atoms with Crippen molar-refractivity contribution in [1.29, 1.82) is 0 Å². The van der Waals surface area contributed by atoms with Gasteiger partial charge in [0.1, 0.15) is 0 Å². The van der Waals surface area contributed by atoms with Gasteiger partial charge < -0.3 is 26.4 Å². The highest BCUT2D eigenvalue weighted by atomic mass is 16.7. The number of rotatable bonds is 3. The van der Waals surface area contributed by atoms with Gasteiger partial charge in [-0.1, -0.05) is 0 Å². The first-order valence-corrected chi connectivity index (χ1v) is 2.96. The van der Waals surface area contributed by atoms with Crippen molar-refractivity contribution in [2.75, 3.05) is 0 Å². The van der Waals surface area contributed by atoms with Crippen molar-refractivity contribution < 1.29 is 14.9 Å². The molecule has 0 aromatic carbocycles. The summed E-state index contributed by atoms with van der Waals surface area (Å²) >= 11 is 0. The molecule has 0 atom stereocenters. The van der Waals surface area contributed by atoms with Crippen LogP contribution in [0.1, 0.15) is 0 Å². The highest BCUT2D eigenvalue weighted by Crippen LogP contribution is 2.16. The lowest BCUT2D eigenvalue weighted by Crippen LogP contribution is -2.10. The minimum Gasteiger partial charge on any atom is -0.390 e. The number of imidazole rings is 1. The van der Waals surface area contributed by atoms with Crippen LogP contribution in [0.4, 0.5) is 11.8 Å². The van der Waals surface area contributed by atoms with E-state index in [4.69, 9.17) is 0 Å². The van der Waals surface area contributed by atoms with E-state index < -0.39 is 26.6 Å². The standard InChI is InChI=1S/C3HN5O6.H3N/c9-6(10)2-1-5(8(13)14)3(4-2)7(11)12;/h1H;1H3. The van der Waals surface area contributed by atoms with Crippen molar-refractivity contribution in [3.8, 4) is 0 Å². The Hall–Kier alpha value is -2.63. The Labute approximate surface area is 80.1 Å². The van der Waals surface area contributed by atoms with Gasteiger partial charge in [0, 0.05) is 0 Å². The quantitative estimate of drug-likeness (QED) is 0.540. The maximum Gasteiger partial charge on any atom is 0.501 e. The number of nitrogens with zero attached hydrogens (tertiary/aromatic N) is 5. The van der Waals surface area contributed by atoms with Gasteiger partial charge in [0.2, 0.25) is 11.2 Å². The van der Waals surface area contributed by atoms with Crippen LogP contribution in [0.25, 0.3) is 0 Å². The molecule has 0 aliphatic rings. The second-order valence-electron chi connectivity index (χ2n) is 2.00. The summed E-state index contributed by atoms with van der Waals surface area (Å²) in [5.74, 6) is -2.16. The summed E-state index contributed by atoms with van der Waals surface area (Å²) in [5.41, 5.74) is 0. The molecule has 0 radical (unpaired) electrons. The first-order chi connectivity index (χ1) is 6.43. The van der Waals surface area contributed by atoms with E-state index in [1.54, 1.807) is 0 Å². The molecule has 1 heterocycles. The molecule has 0 aliphatic carbocycles. The topological polar surface area (TPSA) is 182 Å². The molecule has 82 valence electrons. The van der Waals surface area contributed by atoms with Gasteiger partial charge in [-0.15, -0.1) is 0 Å². The Morgan fingerprint density at radius 3 is 1.93 bits per heavy atom. The van der Waals surface area contributed by atoms with Gasteiger partial charge in [-0.3, -0.25) is 0 Å². The summed E-state index contributed by atoms with van der Waals surface area (Å²) in [6.45, 7) is 0. The molecule has 12 heteroatoms. The zero-order valence-corrected chi connectivity index (χ0v) is 6.97. The Kier molecular flexibility index (Phi) is 3.34. The van der Waals surface area contributed by atoms with Crippen LogP contribution in [-0.4, -0.2) is 24.5 Å². The summed E-state index contributed by atoms with van der Waals surface area (Å²) < 4.78 is -0.127. The minimum atomic E-state index is -1.21. The van der Waals surface area contributed by atoms with E-state index in [9.17, 15) is 30.3 Å². The average Bonchev–Trinajstić information content (AvgIpc) is 2.47. The third kappa shape index (κ3) is 2.19. The van der Waals surface area contributed by atoms with E-state index in [-0.39, 0.29) is 10.8 Å². The number of hydrogen-bond acceptors (Lipinski definition) is 8. The number of aromatic nitrogens is 2. The van der Waals surface area contributed by atoms with Gasteiger partial charge in [-0.25, -0.2) is 10.1 Å². The van der Waals surface area contributed by atoms with Gasteiger partial charge in [-0.05, 0) is 14.8 Å². The lowest BCUT2D eigenvalue weighted by Gasteiger charge is -1.88. The van der Waals surface area contributed by atoms with Crippen molar-refractivity contribution in [3.05, 3.63) is 36.5 Å². The van der Waals surface area contributed by atoms with Gasteiger partial charge in [0.15, 0.2) is 0 Å². The Morgan fingerprint density at radius 1 is 1.13 bits per heavy atom. The molecular formula is C3H4N6O6. The summed E-state index contributed by atoms with van der Waals surface area (Å²) in [4.78, 5) is 31.0. The van der Waals surface area contributed by atoms with Crippen LogP contribution in [0.2, 0.25) is 0 Å². The lowest BCUT2D eigenvalue weighted by atomic mass is 10.8. The zero-order valence-electron chi connectivity index (χ0n) is 6.97. The van der Waals surface area contributed by atoms with E-state index in [2.05, 4.69) is 4.98 Å². The summed E-state index contributed by atoms with van der Waals surface area (Å²) in [7, 11) is 0. The summed E-state index contributed by atoms with van der Waals surface area (Å²) in [6, 6.07) is 0. The SMILES string of the molecule is N.O=[N+]([O-])c1cn([N+](=O)[O-])c([N+](=O)[O-])n1. The largest absolute Gasteiger partial charge is 0.501 e. The molecule has 3 N–H and O–H groups in total. The lowest BCUT2D eigenvalue weighted by molar-refractivity contribution is -0.561. The smallest absolute Gasteiger partial charge is 0.390 e. The second kappa shape index (κ2) is 4.05. The molecule has 0 saturated heterocycles. The predicted molar refractivity (Wildman–Crippen MR) is 43.0 cm³/mol. The van der Waals surface area contributed by atoms with Crippen LogP contribution in [0, 0.1) is 30.3 Å². The second-order valence-corrected chi connectivity index (χ2v) is 2.00. The fourth-order valence-electron chi connectivity index (χ4n) is 0.682. The van der Waals surface area contributed by atoms with Crippen LogP contribution in [0.5, 0.6) is 0 Å². The van der Waals surface area contributed by atoms with Crippen molar-refractivity contribution in [2.45, 2.75) is 0 Å². The van der Waals surface area contributed by atoms with Crippen LogP contribution in [-0.2, 0) is 0 Å². The molecule has 15 heavy (non-hydrogen) atoms. The molecule has 0 fully saturated rings. The maximum absolute atomic E-state index is 10.2. The number of nitro groups is 3. The van der Waals surface area contributed by atoms with E-state index in [1.165, 1.54) is 0 Å². The van der Waals surface area contributed by atoms with Gasteiger partial charge >= 0.3 is 11.8 Å². The maximum atomic E-state index is 10.2. The summed E-state index contributed by atoms with van der Waals surface area (Å²) in [6.07, 6.45) is 0.359. The van der Waals surface area contributed by atoms with Crippen LogP contribution in [0.3, 0.4) is 0 Å². The molecular weight excluding hydrogens is 216 g/mol. The van der Waals surface area contributed by atoms with E-state index in [0.29, 0.717) is 6.20 Å². The van der Waals surface area contributed by atoms with Crippen LogP contribution in [0.15, 0.2) is 6.20 Å². The zero-order chi connectivity index (χ0) is 10.9. The van der Waals surface area contributed by atoms with Crippen LogP contribution >= 0.6 is 0 Å². The number of hydrogen-bond donors (Lipinski definition) is 1. The van der Waals surface area contributed by atoms with Crippen molar-refractivity contribution in [3.63, 3.8) is 0 Å². The first kappa shape index (κ1) is 12.4. The molecule has 0 aliphatic heterocycles. The normalized spacial score (nSPS) is 9.07. The molecule has 1 aromatic rings. The van der Waals surface area contributed by atoms with E-state index >= 15 is 0 Å². The Bertz CT molecular complexity index is 391. The Balaban J connectivity index is 0.00000196. The van der Waals surface area contributed by atoms with Gasteiger partial charge in [0.05, 0.1) is 4.68 Å². The molecule has 0 bridgehead atoms.